The molecule has 6 nitrogen and oxygen atoms in total. The number of rotatable bonds is 5. The highest BCUT2D eigenvalue weighted by Gasteiger charge is 2.26. The number of hydrogen-bond donors (Lipinski definition) is 1. The third-order valence-electron chi connectivity index (χ3n) is 4.10. The summed E-state index contributed by atoms with van der Waals surface area (Å²) in [6, 6.07) is 0. The summed E-state index contributed by atoms with van der Waals surface area (Å²) >= 11 is 0. The fourth-order valence-corrected chi connectivity index (χ4v) is 3.03. The van der Waals surface area contributed by atoms with Gasteiger partial charge in [-0.1, -0.05) is 0 Å². The van der Waals surface area contributed by atoms with Crippen molar-refractivity contribution in [1.82, 2.24) is 14.7 Å². The zero-order valence-electron chi connectivity index (χ0n) is 13.2. The molecule has 0 aromatic carbocycles. The first kappa shape index (κ1) is 16.2. The Labute approximate surface area is 126 Å². The lowest BCUT2D eigenvalue weighted by molar-refractivity contribution is -0.134. The molecule has 21 heavy (non-hydrogen) atoms. The van der Waals surface area contributed by atoms with E-state index in [2.05, 4.69) is 4.90 Å². The van der Waals surface area contributed by atoms with Crippen molar-refractivity contribution in [1.29, 1.82) is 0 Å². The molecule has 2 heterocycles. The quantitative estimate of drug-likeness (QED) is 0.770. The van der Waals surface area contributed by atoms with Gasteiger partial charge in [0.2, 0.25) is 11.8 Å². The number of piperazine rings is 1. The Morgan fingerprint density at radius 2 is 1.86 bits per heavy atom. The van der Waals surface area contributed by atoms with E-state index in [0.717, 1.165) is 26.1 Å². The van der Waals surface area contributed by atoms with Crippen LogP contribution >= 0.6 is 0 Å². The molecule has 1 N–H and O–H groups in total. The first-order chi connectivity index (χ1) is 9.85. The summed E-state index contributed by atoms with van der Waals surface area (Å²) in [6.07, 6.45) is 1.98. The first-order valence-corrected chi connectivity index (χ1v) is 7.85. The van der Waals surface area contributed by atoms with E-state index in [1.165, 1.54) is 0 Å². The van der Waals surface area contributed by atoms with Crippen LogP contribution in [0.3, 0.4) is 0 Å². The average molecular weight is 297 g/mol. The molecular weight excluding hydrogens is 270 g/mol. The maximum atomic E-state index is 12.2. The van der Waals surface area contributed by atoms with Gasteiger partial charge < -0.3 is 14.9 Å². The Kier molecular flexibility index (Phi) is 5.22. The monoisotopic (exact) mass is 297 g/mol. The van der Waals surface area contributed by atoms with Gasteiger partial charge in [0.15, 0.2) is 0 Å². The third kappa shape index (κ3) is 4.97. The van der Waals surface area contributed by atoms with Crippen LogP contribution in [0.15, 0.2) is 0 Å². The van der Waals surface area contributed by atoms with Crippen molar-refractivity contribution in [2.24, 2.45) is 0 Å². The minimum Gasteiger partial charge on any atom is -0.389 e. The number of β-amino-alcohol motifs (C(OH)–C–C–N with tert-alkyl or cyclic N) is 1. The minimum atomic E-state index is -0.692. The van der Waals surface area contributed by atoms with E-state index in [4.69, 9.17) is 0 Å². The Hall–Kier alpha value is -1.14. The number of carbonyl (C=O) groups excluding carboxylic acids is 2. The third-order valence-corrected chi connectivity index (χ3v) is 4.10. The van der Waals surface area contributed by atoms with Crippen molar-refractivity contribution in [2.45, 2.75) is 38.7 Å². The van der Waals surface area contributed by atoms with E-state index in [1.807, 2.05) is 4.90 Å². The van der Waals surface area contributed by atoms with Crippen LogP contribution in [0.5, 0.6) is 0 Å². The van der Waals surface area contributed by atoms with Crippen LogP contribution in [0, 0.1) is 0 Å². The van der Waals surface area contributed by atoms with Crippen LogP contribution in [0.25, 0.3) is 0 Å². The summed E-state index contributed by atoms with van der Waals surface area (Å²) < 4.78 is 0. The molecule has 2 aliphatic rings. The number of likely N-dealkylation sites (tertiary alicyclic amines) is 1. The number of aliphatic hydroxyl groups is 1. The molecule has 0 spiro atoms. The Morgan fingerprint density at radius 3 is 2.38 bits per heavy atom. The molecule has 2 saturated heterocycles. The van der Waals surface area contributed by atoms with Crippen LogP contribution in [0.4, 0.5) is 0 Å². The fraction of sp³-hybridized carbons (Fsp3) is 0.867. The van der Waals surface area contributed by atoms with Gasteiger partial charge in [-0.05, 0) is 20.3 Å². The summed E-state index contributed by atoms with van der Waals surface area (Å²) in [6.45, 7) is 8.63. The van der Waals surface area contributed by atoms with Crippen molar-refractivity contribution >= 4 is 11.8 Å². The molecular formula is C15H27N3O3. The number of nitrogens with zero attached hydrogens (tertiary/aromatic N) is 3. The average Bonchev–Trinajstić information content (AvgIpc) is 2.80. The molecule has 0 atom stereocenters. The smallest absolute Gasteiger partial charge is 0.224 e. The molecule has 0 bridgehead atoms. The summed E-state index contributed by atoms with van der Waals surface area (Å²) in [4.78, 5) is 29.5. The molecule has 120 valence electrons. The lowest BCUT2D eigenvalue weighted by Crippen LogP contribution is -2.52. The molecule has 0 aromatic heterocycles. The molecule has 2 rings (SSSR count). The van der Waals surface area contributed by atoms with E-state index >= 15 is 0 Å². The molecule has 2 fully saturated rings. The highest BCUT2D eigenvalue weighted by molar-refractivity contribution is 5.80. The fourth-order valence-electron chi connectivity index (χ4n) is 3.03. The minimum absolute atomic E-state index is 0.137. The Bertz CT molecular complexity index is 384. The molecule has 2 aliphatic heterocycles. The topological polar surface area (TPSA) is 64.1 Å². The predicted molar refractivity (Wildman–Crippen MR) is 79.7 cm³/mol. The Balaban J connectivity index is 1.69. The number of hydrogen-bond acceptors (Lipinski definition) is 4. The Morgan fingerprint density at radius 1 is 1.19 bits per heavy atom. The highest BCUT2D eigenvalue weighted by atomic mass is 16.3. The highest BCUT2D eigenvalue weighted by Crippen LogP contribution is 2.12. The standard InChI is InChI=1S/C15H27N3O3/c1-15(2,21)12-16-8-10-18(11-9-16)14(20)5-7-17-6-3-4-13(17)19/h21H,3-12H2,1-2H3. The van der Waals surface area contributed by atoms with Gasteiger partial charge in [-0.2, -0.15) is 0 Å². The van der Waals surface area contributed by atoms with E-state index < -0.39 is 5.60 Å². The van der Waals surface area contributed by atoms with Crippen molar-refractivity contribution in [3.63, 3.8) is 0 Å². The molecule has 0 aliphatic carbocycles. The van der Waals surface area contributed by atoms with Crippen molar-refractivity contribution in [3.05, 3.63) is 0 Å². The second kappa shape index (κ2) is 6.75. The molecule has 0 radical (unpaired) electrons. The first-order valence-electron chi connectivity index (χ1n) is 7.85. The summed E-state index contributed by atoms with van der Waals surface area (Å²) in [5, 5.41) is 9.82. The SMILES string of the molecule is CC(C)(O)CN1CCN(C(=O)CCN2CCCC2=O)CC1. The van der Waals surface area contributed by atoms with Crippen molar-refractivity contribution < 1.29 is 14.7 Å². The molecule has 0 saturated carbocycles. The maximum Gasteiger partial charge on any atom is 0.224 e. The summed E-state index contributed by atoms with van der Waals surface area (Å²) in [7, 11) is 0. The van der Waals surface area contributed by atoms with Gasteiger partial charge in [0.25, 0.3) is 0 Å². The van der Waals surface area contributed by atoms with Gasteiger partial charge in [-0.15, -0.1) is 0 Å². The van der Waals surface area contributed by atoms with Crippen LogP contribution < -0.4 is 0 Å². The zero-order chi connectivity index (χ0) is 15.5. The molecule has 0 aromatic rings. The van der Waals surface area contributed by atoms with Crippen LogP contribution in [0.1, 0.15) is 33.1 Å². The largest absolute Gasteiger partial charge is 0.389 e. The van der Waals surface area contributed by atoms with E-state index in [-0.39, 0.29) is 11.8 Å². The molecule has 6 heteroatoms. The van der Waals surface area contributed by atoms with E-state index in [9.17, 15) is 14.7 Å². The van der Waals surface area contributed by atoms with Gasteiger partial charge >= 0.3 is 0 Å². The van der Waals surface area contributed by atoms with E-state index in [0.29, 0.717) is 39.0 Å². The van der Waals surface area contributed by atoms with Crippen LogP contribution in [-0.4, -0.2) is 83.0 Å². The predicted octanol–water partition coefficient (Wildman–Crippen LogP) is -0.0860. The number of carbonyl (C=O) groups is 2. The lowest BCUT2D eigenvalue weighted by Gasteiger charge is -2.37. The van der Waals surface area contributed by atoms with Gasteiger partial charge in [0.05, 0.1) is 5.60 Å². The van der Waals surface area contributed by atoms with Gasteiger partial charge in [-0.3, -0.25) is 14.5 Å². The summed E-state index contributed by atoms with van der Waals surface area (Å²) in [5.41, 5.74) is -0.692. The second-order valence-corrected chi connectivity index (χ2v) is 6.70. The van der Waals surface area contributed by atoms with Gasteiger partial charge in [-0.25, -0.2) is 0 Å². The van der Waals surface area contributed by atoms with Crippen LogP contribution in [-0.2, 0) is 9.59 Å². The van der Waals surface area contributed by atoms with Crippen molar-refractivity contribution in [2.75, 3.05) is 45.8 Å². The van der Waals surface area contributed by atoms with Crippen LogP contribution in [0.2, 0.25) is 0 Å². The maximum absolute atomic E-state index is 12.2. The zero-order valence-corrected chi connectivity index (χ0v) is 13.2. The normalized spacial score (nSPS) is 21.2. The molecule has 2 amide bonds. The van der Waals surface area contributed by atoms with E-state index in [1.54, 1.807) is 18.7 Å². The van der Waals surface area contributed by atoms with Gasteiger partial charge in [0.1, 0.15) is 0 Å². The molecule has 0 unspecified atom stereocenters. The number of amides is 2. The van der Waals surface area contributed by atoms with Crippen molar-refractivity contribution in [3.8, 4) is 0 Å². The van der Waals surface area contributed by atoms with Gasteiger partial charge in [0, 0.05) is 58.7 Å². The summed E-state index contributed by atoms with van der Waals surface area (Å²) in [5.74, 6) is 0.315. The second-order valence-electron chi connectivity index (χ2n) is 6.70. The lowest BCUT2D eigenvalue weighted by atomic mass is 10.1.